The smallest absolute Gasteiger partial charge is 0.297 e. The number of ketones is 1. The lowest BCUT2D eigenvalue weighted by molar-refractivity contribution is 0.0969. The summed E-state index contributed by atoms with van der Waals surface area (Å²) < 4.78 is 20.5. The Kier molecular flexibility index (Phi) is 4.83. The molecule has 6 nitrogen and oxygen atoms in total. The fraction of sp³-hybridized carbons (Fsp3) is 0.130. The maximum atomic E-state index is 13.9. The molecule has 3 heterocycles. The van der Waals surface area contributed by atoms with Crippen molar-refractivity contribution in [1.82, 2.24) is 4.98 Å². The van der Waals surface area contributed by atoms with E-state index in [2.05, 4.69) is 20.9 Å². The van der Waals surface area contributed by atoms with Gasteiger partial charge >= 0.3 is 0 Å². The summed E-state index contributed by atoms with van der Waals surface area (Å²) in [5.41, 5.74) is 0.916. The van der Waals surface area contributed by atoms with Crippen LogP contribution in [0.2, 0.25) is 0 Å². The summed E-state index contributed by atoms with van der Waals surface area (Å²) in [5, 5.41) is 0.340. The van der Waals surface area contributed by atoms with Gasteiger partial charge in [-0.25, -0.2) is 9.37 Å². The van der Waals surface area contributed by atoms with Crippen LogP contribution in [0.5, 0.6) is 0 Å². The van der Waals surface area contributed by atoms with Crippen molar-refractivity contribution < 1.29 is 18.4 Å². The first-order chi connectivity index (χ1) is 15.3. The molecule has 0 bridgehead atoms. The van der Waals surface area contributed by atoms with Crippen molar-refractivity contribution in [2.24, 2.45) is 0 Å². The molecule has 1 atom stereocenters. The first-order valence-corrected chi connectivity index (χ1v) is 11.2. The summed E-state index contributed by atoms with van der Waals surface area (Å²) in [6, 6.07) is 9.94. The van der Waals surface area contributed by atoms with Crippen LogP contribution in [0.3, 0.4) is 0 Å². The monoisotopic (exact) mass is 512 g/mol. The lowest BCUT2D eigenvalue weighted by atomic mass is 9.99. The van der Waals surface area contributed by atoms with Crippen LogP contribution >= 0.6 is 27.3 Å². The Hall–Kier alpha value is -3.17. The molecule has 160 valence electrons. The number of carbonyl (C=O) groups is 2. The quantitative estimate of drug-likeness (QED) is 0.342. The van der Waals surface area contributed by atoms with Crippen LogP contribution in [0, 0.1) is 12.7 Å². The molecule has 32 heavy (non-hydrogen) atoms. The molecule has 5 rings (SSSR count). The van der Waals surface area contributed by atoms with Gasteiger partial charge in [0.15, 0.2) is 16.3 Å². The Morgan fingerprint density at radius 3 is 2.56 bits per heavy atom. The third-order valence-corrected chi connectivity index (χ3v) is 7.12. The van der Waals surface area contributed by atoms with Crippen molar-refractivity contribution in [3.8, 4) is 0 Å². The van der Waals surface area contributed by atoms with E-state index in [1.165, 1.54) is 24.0 Å². The van der Waals surface area contributed by atoms with Gasteiger partial charge in [-0.05, 0) is 42.8 Å². The molecule has 2 aromatic heterocycles. The maximum Gasteiger partial charge on any atom is 0.297 e. The molecule has 2 aromatic carbocycles. The summed E-state index contributed by atoms with van der Waals surface area (Å²) in [7, 11) is 0. The molecule has 1 aliphatic heterocycles. The van der Waals surface area contributed by atoms with Gasteiger partial charge in [0, 0.05) is 11.4 Å². The number of hydrogen-bond donors (Lipinski definition) is 0. The summed E-state index contributed by atoms with van der Waals surface area (Å²) in [6.07, 6.45) is 0. The lowest BCUT2D eigenvalue weighted by Crippen LogP contribution is -2.29. The van der Waals surface area contributed by atoms with Crippen LogP contribution in [-0.2, 0) is 0 Å². The van der Waals surface area contributed by atoms with Gasteiger partial charge in [0.2, 0.25) is 5.76 Å². The zero-order chi connectivity index (χ0) is 22.7. The predicted octanol–water partition coefficient (Wildman–Crippen LogP) is 5.41. The highest BCUT2D eigenvalue weighted by atomic mass is 79.9. The minimum Gasteiger partial charge on any atom is -0.450 e. The Morgan fingerprint density at radius 2 is 1.91 bits per heavy atom. The van der Waals surface area contributed by atoms with E-state index in [0.717, 1.165) is 21.9 Å². The van der Waals surface area contributed by atoms with Crippen molar-refractivity contribution >= 4 is 55.1 Å². The average Bonchev–Trinajstić information content (AvgIpc) is 3.27. The summed E-state index contributed by atoms with van der Waals surface area (Å²) >= 11 is 4.48. The number of aryl methyl sites for hydroxylation is 1. The first kappa shape index (κ1) is 20.7. The maximum absolute atomic E-state index is 13.9. The molecular weight excluding hydrogens is 499 g/mol. The molecular formula is C23H14BrFN2O4S. The van der Waals surface area contributed by atoms with E-state index >= 15 is 0 Å². The standard InChI is InChI=1S/C23H14BrFN2O4S/c1-10-21(11(2)28)32-23(26-10)27-18(12-3-5-13(24)6-4-12)17-19(29)15-9-14(25)7-8-16(15)31-20(17)22(27)30/h3-9,18H,1-2H3. The van der Waals surface area contributed by atoms with E-state index in [1.54, 1.807) is 31.2 Å². The van der Waals surface area contributed by atoms with Gasteiger partial charge in [-0.1, -0.05) is 39.4 Å². The molecule has 0 N–H and O–H groups in total. The van der Waals surface area contributed by atoms with Gasteiger partial charge in [0.25, 0.3) is 5.91 Å². The number of benzene rings is 2. The van der Waals surface area contributed by atoms with Crippen LogP contribution in [0.1, 0.15) is 50.0 Å². The highest BCUT2D eigenvalue weighted by molar-refractivity contribution is 9.10. The number of amides is 1. The van der Waals surface area contributed by atoms with Crippen LogP contribution < -0.4 is 10.3 Å². The highest BCUT2D eigenvalue weighted by Gasteiger charge is 2.45. The average molecular weight is 513 g/mol. The number of anilines is 1. The minimum atomic E-state index is -0.833. The molecule has 1 unspecified atom stereocenters. The van der Waals surface area contributed by atoms with Crippen molar-refractivity contribution in [1.29, 1.82) is 0 Å². The fourth-order valence-corrected chi connectivity index (χ4v) is 5.17. The molecule has 9 heteroatoms. The van der Waals surface area contributed by atoms with Crippen LogP contribution in [0.15, 0.2) is 56.1 Å². The summed E-state index contributed by atoms with van der Waals surface area (Å²) in [4.78, 5) is 45.2. The van der Waals surface area contributed by atoms with Gasteiger partial charge in [-0.2, -0.15) is 0 Å². The van der Waals surface area contributed by atoms with Crippen molar-refractivity contribution in [2.45, 2.75) is 19.9 Å². The number of thiazole rings is 1. The first-order valence-electron chi connectivity index (χ1n) is 9.60. The molecule has 0 aliphatic carbocycles. The SMILES string of the molecule is CC(=O)c1sc(N2C(=O)c3oc4ccc(F)cc4c(=O)c3C2c2ccc(Br)cc2)nc1C. The number of carbonyl (C=O) groups excluding carboxylic acids is 2. The number of nitrogens with zero attached hydrogens (tertiary/aromatic N) is 2. The summed E-state index contributed by atoms with van der Waals surface area (Å²) in [6.45, 7) is 3.13. The normalized spacial score (nSPS) is 15.4. The number of rotatable bonds is 3. The molecule has 1 amide bonds. The van der Waals surface area contributed by atoms with Gasteiger partial charge in [-0.3, -0.25) is 19.3 Å². The minimum absolute atomic E-state index is 0.0558. The zero-order valence-corrected chi connectivity index (χ0v) is 19.2. The van der Waals surface area contributed by atoms with Gasteiger partial charge in [-0.15, -0.1) is 0 Å². The summed E-state index contributed by atoms with van der Waals surface area (Å²) in [5.74, 6) is -1.39. The van der Waals surface area contributed by atoms with Crippen molar-refractivity contribution in [3.05, 3.63) is 90.4 Å². The number of aromatic nitrogens is 1. The van der Waals surface area contributed by atoms with E-state index in [9.17, 15) is 18.8 Å². The number of Topliss-reactive ketones (excluding diaryl/α,β-unsaturated/α-hetero) is 1. The molecule has 0 radical (unpaired) electrons. The predicted molar refractivity (Wildman–Crippen MR) is 122 cm³/mol. The second-order valence-corrected chi connectivity index (χ2v) is 9.30. The van der Waals surface area contributed by atoms with Gasteiger partial charge in [0.1, 0.15) is 11.4 Å². The Labute approximate surface area is 193 Å². The largest absolute Gasteiger partial charge is 0.450 e. The van der Waals surface area contributed by atoms with Crippen LogP contribution in [-0.4, -0.2) is 16.7 Å². The second kappa shape index (κ2) is 7.46. The zero-order valence-electron chi connectivity index (χ0n) is 16.8. The molecule has 4 aromatic rings. The van der Waals surface area contributed by atoms with Crippen molar-refractivity contribution in [2.75, 3.05) is 4.90 Å². The highest BCUT2D eigenvalue weighted by Crippen LogP contribution is 2.43. The Morgan fingerprint density at radius 1 is 1.19 bits per heavy atom. The lowest BCUT2D eigenvalue weighted by Gasteiger charge is -2.22. The molecule has 0 spiro atoms. The van der Waals surface area contributed by atoms with Crippen LogP contribution in [0.25, 0.3) is 11.0 Å². The van der Waals surface area contributed by atoms with E-state index in [0.29, 0.717) is 16.1 Å². The van der Waals surface area contributed by atoms with Crippen molar-refractivity contribution in [3.63, 3.8) is 0 Å². The number of hydrogen-bond acceptors (Lipinski definition) is 6. The van der Waals surface area contributed by atoms with E-state index < -0.39 is 23.2 Å². The third-order valence-electron chi connectivity index (χ3n) is 5.33. The van der Waals surface area contributed by atoms with Gasteiger partial charge in [0.05, 0.1) is 27.6 Å². The molecule has 0 saturated heterocycles. The Bertz CT molecular complexity index is 1490. The molecule has 1 aliphatic rings. The van der Waals surface area contributed by atoms with Crippen LogP contribution in [0.4, 0.5) is 9.52 Å². The number of halogens is 2. The second-order valence-electron chi connectivity index (χ2n) is 7.41. The van der Waals surface area contributed by atoms with Gasteiger partial charge < -0.3 is 4.42 Å². The topological polar surface area (TPSA) is 80.5 Å². The third kappa shape index (κ3) is 3.11. The van der Waals surface area contributed by atoms with E-state index in [4.69, 9.17) is 4.42 Å². The Balaban J connectivity index is 1.81. The molecule has 0 saturated carbocycles. The molecule has 0 fully saturated rings. The van der Waals surface area contributed by atoms with E-state index in [1.807, 2.05) is 0 Å². The fourth-order valence-electron chi connectivity index (χ4n) is 3.91. The van der Waals surface area contributed by atoms with E-state index in [-0.39, 0.29) is 33.2 Å². The number of fused-ring (bicyclic) bond motifs is 2.